The fraction of sp³-hybridized carbons (Fsp3) is 0.333. The molecule has 0 aliphatic carbocycles. The molecule has 0 heterocycles. The van der Waals surface area contributed by atoms with Crippen LogP contribution in [0.25, 0.3) is 11.1 Å². The van der Waals surface area contributed by atoms with E-state index in [0.717, 1.165) is 16.9 Å². The zero-order valence-corrected chi connectivity index (χ0v) is 14.2. The second-order valence-corrected chi connectivity index (χ2v) is 6.17. The SMILES string of the molecule is CC(C)(O)C(C)(C)Oc1ccccc1-c1ccccc1.OBO. The van der Waals surface area contributed by atoms with Gasteiger partial charge in [-0.05, 0) is 39.3 Å². The number of ether oxygens (including phenoxy) is 1. The van der Waals surface area contributed by atoms with Gasteiger partial charge in [-0.25, -0.2) is 0 Å². The van der Waals surface area contributed by atoms with E-state index in [9.17, 15) is 5.11 Å². The van der Waals surface area contributed by atoms with Crippen molar-refractivity contribution in [2.24, 2.45) is 0 Å². The maximum atomic E-state index is 10.2. The van der Waals surface area contributed by atoms with Crippen LogP contribution in [0, 0.1) is 0 Å². The lowest BCUT2D eigenvalue weighted by Gasteiger charge is -2.38. The van der Waals surface area contributed by atoms with E-state index in [0.29, 0.717) is 0 Å². The minimum Gasteiger partial charge on any atom is -0.484 e. The van der Waals surface area contributed by atoms with Crippen LogP contribution >= 0.6 is 0 Å². The van der Waals surface area contributed by atoms with Gasteiger partial charge in [-0.2, -0.15) is 0 Å². The summed E-state index contributed by atoms with van der Waals surface area (Å²) in [5.41, 5.74) is 0.523. The Balaban J connectivity index is 0.000000816. The summed E-state index contributed by atoms with van der Waals surface area (Å²) in [6.45, 7) is 7.32. The van der Waals surface area contributed by atoms with Gasteiger partial charge in [-0.1, -0.05) is 48.5 Å². The summed E-state index contributed by atoms with van der Waals surface area (Å²) in [5.74, 6) is 0.783. The molecule has 0 bridgehead atoms. The van der Waals surface area contributed by atoms with Crippen LogP contribution in [0.2, 0.25) is 0 Å². The molecule has 23 heavy (non-hydrogen) atoms. The lowest BCUT2D eigenvalue weighted by atomic mass is 9.89. The molecule has 0 radical (unpaired) electrons. The molecule has 0 spiro atoms. The smallest absolute Gasteiger partial charge is 0.432 e. The molecular weight excluding hydrogens is 291 g/mol. The molecule has 2 aromatic rings. The number of rotatable bonds is 4. The number of benzene rings is 2. The Labute approximate surface area is 138 Å². The molecule has 0 unspecified atom stereocenters. The van der Waals surface area contributed by atoms with E-state index in [-0.39, 0.29) is 0 Å². The van der Waals surface area contributed by atoms with Crippen LogP contribution in [0.4, 0.5) is 0 Å². The monoisotopic (exact) mass is 316 g/mol. The molecule has 0 amide bonds. The average molecular weight is 316 g/mol. The Bertz CT molecular complexity index is 591. The molecule has 0 aliphatic rings. The van der Waals surface area contributed by atoms with E-state index in [1.165, 1.54) is 0 Å². The highest BCUT2D eigenvalue weighted by Gasteiger charge is 2.37. The largest absolute Gasteiger partial charge is 0.484 e. The van der Waals surface area contributed by atoms with Gasteiger partial charge in [-0.3, -0.25) is 0 Å². The molecule has 2 aromatic carbocycles. The third-order valence-corrected chi connectivity index (χ3v) is 3.81. The summed E-state index contributed by atoms with van der Waals surface area (Å²) in [4.78, 5) is 0. The lowest BCUT2D eigenvalue weighted by Crippen LogP contribution is -2.49. The molecule has 5 heteroatoms. The minimum atomic E-state index is -0.934. The predicted molar refractivity (Wildman–Crippen MR) is 94.5 cm³/mol. The first-order valence-electron chi connectivity index (χ1n) is 7.50. The highest BCUT2D eigenvalue weighted by Crippen LogP contribution is 2.35. The van der Waals surface area contributed by atoms with Crippen LogP contribution in [0.5, 0.6) is 5.75 Å². The van der Waals surface area contributed by atoms with E-state index in [4.69, 9.17) is 14.8 Å². The van der Waals surface area contributed by atoms with E-state index in [1.807, 2.05) is 56.3 Å². The van der Waals surface area contributed by atoms with Crippen LogP contribution in [0.15, 0.2) is 54.6 Å². The summed E-state index contributed by atoms with van der Waals surface area (Å²) in [7, 11) is -0.750. The van der Waals surface area contributed by atoms with Crippen LogP contribution < -0.4 is 4.74 Å². The average Bonchev–Trinajstić information content (AvgIpc) is 2.48. The Morgan fingerprint density at radius 2 is 1.30 bits per heavy atom. The summed E-state index contributed by atoms with van der Waals surface area (Å²) < 4.78 is 6.10. The Kier molecular flexibility index (Phi) is 6.82. The van der Waals surface area contributed by atoms with Crippen molar-refractivity contribution in [3.63, 3.8) is 0 Å². The van der Waals surface area contributed by atoms with Gasteiger partial charge in [0.2, 0.25) is 0 Å². The zero-order chi connectivity index (χ0) is 17.5. The van der Waals surface area contributed by atoms with Crippen molar-refractivity contribution < 1.29 is 19.9 Å². The van der Waals surface area contributed by atoms with E-state index in [1.54, 1.807) is 13.8 Å². The number of hydrogen-bond acceptors (Lipinski definition) is 4. The second-order valence-electron chi connectivity index (χ2n) is 6.17. The highest BCUT2D eigenvalue weighted by molar-refractivity contribution is 6.13. The van der Waals surface area contributed by atoms with Gasteiger partial charge in [0, 0.05) is 5.56 Å². The predicted octanol–water partition coefficient (Wildman–Crippen LogP) is 2.52. The number of para-hydroxylation sites is 1. The summed E-state index contributed by atoms with van der Waals surface area (Å²) in [6, 6.07) is 18.0. The van der Waals surface area contributed by atoms with Gasteiger partial charge in [0.15, 0.2) is 0 Å². The molecule has 4 nitrogen and oxygen atoms in total. The summed E-state index contributed by atoms with van der Waals surface area (Å²) in [5, 5.41) is 24.5. The van der Waals surface area contributed by atoms with Gasteiger partial charge < -0.3 is 19.9 Å². The summed E-state index contributed by atoms with van der Waals surface area (Å²) in [6.07, 6.45) is 0. The van der Waals surface area contributed by atoms with Gasteiger partial charge in [0.25, 0.3) is 0 Å². The van der Waals surface area contributed by atoms with Crippen molar-refractivity contribution in [3.8, 4) is 16.9 Å². The minimum absolute atomic E-state index is 0.683. The van der Waals surface area contributed by atoms with E-state index in [2.05, 4.69) is 12.1 Å². The maximum Gasteiger partial charge on any atom is 0.432 e. The van der Waals surface area contributed by atoms with Crippen molar-refractivity contribution in [3.05, 3.63) is 54.6 Å². The molecule has 0 fully saturated rings. The Morgan fingerprint density at radius 3 is 1.83 bits per heavy atom. The molecule has 0 atom stereocenters. The number of hydrogen-bond donors (Lipinski definition) is 3. The Hall–Kier alpha value is -1.82. The third-order valence-electron chi connectivity index (χ3n) is 3.81. The molecule has 2 rings (SSSR count). The summed E-state index contributed by atoms with van der Waals surface area (Å²) >= 11 is 0. The van der Waals surface area contributed by atoms with Crippen LogP contribution in [0.3, 0.4) is 0 Å². The van der Waals surface area contributed by atoms with E-state index < -0.39 is 18.9 Å². The lowest BCUT2D eigenvalue weighted by molar-refractivity contribution is -0.0904. The van der Waals surface area contributed by atoms with Crippen LogP contribution in [0.1, 0.15) is 27.7 Å². The maximum absolute atomic E-state index is 10.2. The highest BCUT2D eigenvalue weighted by atomic mass is 16.5. The zero-order valence-electron chi connectivity index (χ0n) is 14.2. The standard InChI is InChI=1S/C18H22O2.BH3O2/c1-17(2,19)18(3,4)20-16-13-9-8-12-15(16)14-10-6-5-7-11-14;2-1-3/h5-13,19H,1-4H3;1-3H. The first kappa shape index (κ1) is 19.2. The van der Waals surface area contributed by atoms with Gasteiger partial charge in [0.05, 0.1) is 5.60 Å². The van der Waals surface area contributed by atoms with Gasteiger partial charge in [-0.15, -0.1) is 0 Å². The van der Waals surface area contributed by atoms with Crippen molar-refractivity contribution in [2.75, 3.05) is 0 Å². The van der Waals surface area contributed by atoms with Crippen LogP contribution in [-0.2, 0) is 0 Å². The quantitative estimate of drug-likeness (QED) is 0.758. The van der Waals surface area contributed by atoms with Crippen molar-refractivity contribution in [1.82, 2.24) is 0 Å². The first-order chi connectivity index (χ1) is 10.7. The van der Waals surface area contributed by atoms with Crippen molar-refractivity contribution in [2.45, 2.75) is 38.9 Å². The molecule has 124 valence electrons. The first-order valence-corrected chi connectivity index (χ1v) is 7.50. The number of aliphatic hydroxyl groups is 1. The van der Waals surface area contributed by atoms with Crippen molar-refractivity contribution >= 4 is 7.69 Å². The topological polar surface area (TPSA) is 69.9 Å². The Morgan fingerprint density at radius 1 is 0.826 bits per heavy atom. The van der Waals surface area contributed by atoms with E-state index >= 15 is 0 Å². The normalized spacial score (nSPS) is 11.3. The van der Waals surface area contributed by atoms with Crippen molar-refractivity contribution in [1.29, 1.82) is 0 Å². The second kappa shape index (κ2) is 8.15. The molecular formula is C18H25BO4. The molecule has 0 aromatic heterocycles. The fourth-order valence-electron chi connectivity index (χ4n) is 1.81. The van der Waals surface area contributed by atoms with Gasteiger partial charge in [0.1, 0.15) is 11.4 Å². The van der Waals surface area contributed by atoms with Crippen LogP contribution in [-0.4, -0.2) is 34.0 Å². The fourth-order valence-corrected chi connectivity index (χ4v) is 1.81. The molecule has 0 saturated carbocycles. The van der Waals surface area contributed by atoms with Gasteiger partial charge >= 0.3 is 7.69 Å². The third kappa shape index (κ3) is 5.39. The molecule has 3 N–H and O–H groups in total. The molecule has 0 aliphatic heterocycles. The molecule has 0 saturated heterocycles.